The molecule has 0 radical (unpaired) electrons. The zero-order chi connectivity index (χ0) is 14.5. The third-order valence-electron chi connectivity index (χ3n) is 3.87. The van der Waals surface area contributed by atoms with Gasteiger partial charge in [-0.15, -0.1) is 0 Å². The van der Waals surface area contributed by atoms with E-state index in [1.54, 1.807) is 6.92 Å². The number of aliphatic hydroxyl groups excluding tert-OH is 2. The highest BCUT2D eigenvalue weighted by molar-refractivity contribution is 5.79. The molecule has 0 aliphatic heterocycles. The average molecular weight is 273 g/mol. The van der Waals surface area contributed by atoms with Crippen molar-refractivity contribution in [2.75, 3.05) is 13.2 Å². The molecule has 1 fully saturated rings. The van der Waals surface area contributed by atoms with Crippen molar-refractivity contribution in [3.63, 3.8) is 0 Å². The van der Waals surface area contributed by atoms with Crippen molar-refractivity contribution in [3.05, 3.63) is 0 Å². The van der Waals surface area contributed by atoms with Crippen LogP contribution in [0.15, 0.2) is 0 Å². The minimum absolute atomic E-state index is 0.00458. The number of hydrogen-bond acceptors (Lipinski definition) is 4. The molecule has 1 rings (SSSR count). The van der Waals surface area contributed by atoms with Crippen molar-refractivity contribution in [1.29, 1.82) is 0 Å². The summed E-state index contributed by atoms with van der Waals surface area (Å²) in [6.07, 6.45) is 3.49. The van der Waals surface area contributed by atoms with Gasteiger partial charge in [-0.25, -0.2) is 0 Å². The van der Waals surface area contributed by atoms with Crippen LogP contribution in [0.3, 0.4) is 0 Å². The first-order chi connectivity index (χ1) is 8.85. The highest BCUT2D eigenvalue weighted by Gasteiger charge is 2.39. The number of aliphatic carboxylic acids is 1. The molecule has 0 bridgehead atoms. The third kappa shape index (κ3) is 4.47. The van der Waals surface area contributed by atoms with Gasteiger partial charge < -0.3 is 20.6 Å². The van der Waals surface area contributed by atoms with E-state index in [1.807, 2.05) is 0 Å². The normalized spacial score (nSPS) is 18.3. The molecule has 0 heterocycles. The molecule has 4 N–H and O–H groups in total. The lowest BCUT2D eigenvalue weighted by Gasteiger charge is -2.31. The maximum atomic E-state index is 12.0. The number of carbonyl (C=O) groups is 2. The second-order valence-electron chi connectivity index (χ2n) is 5.88. The maximum absolute atomic E-state index is 12.0. The Morgan fingerprint density at radius 2 is 1.68 bits per heavy atom. The Hall–Kier alpha value is -1.14. The summed E-state index contributed by atoms with van der Waals surface area (Å²) < 4.78 is 0. The van der Waals surface area contributed by atoms with Crippen molar-refractivity contribution < 1.29 is 24.9 Å². The van der Waals surface area contributed by atoms with Gasteiger partial charge in [0.25, 0.3) is 0 Å². The molecule has 6 nitrogen and oxygen atoms in total. The van der Waals surface area contributed by atoms with Crippen LogP contribution >= 0.6 is 0 Å². The number of rotatable bonds is 7. The van der Waals surface area contributed by atoms with Crippen molar-refractivity contribution in [2.45, 2.75) is 51.0 Å². The molecule has 0 atom stereocenters. The Bertz CT molecular complexity index is 332. The van der Waals surface area contributed by atoms with Crippen LogP contribution in [0.2, 0.25) is 0 Å². The first-order valence-corrected chi connectivity index (χ1v) is 6.59. The number of nitrogens with one attached hydrogen (secondary N) is 1. The molecule has 0 unspecified atom stereocenters. The molecule has 6 heteroatoms. The van der Waals surface area contributed by atoms with Crippen LogP contribution in [0.25, 0.3) is 0 Å². The fourth-order valence-electron chi connectivity index (χ4n) is 2.71. The van der Waals surface area contributed by atoms with Crippen molar-refractivity contribution in [1.82, 2.24) is 5.32 Å². The van der Waals surface area contributed by atoms with E-state index >= 15 is 0 Å². The van der Waals surface area contributed by atoms with Gasteiger partial charge in [-0.1, -0.05) is 12.8 Å². The summed E-state index contributed by atoms with van der Waals surface area (Å²) in [7, 11) is 0. The van der Waals surface area contributed by atoms with Gasteiger partial charge in [0, 0.05) is 6.42 Å². The Morgan fingerprint density at radius 3 is 2.11 bits per heavy atom. The molecule has 0 saturated heterocycles. The molecule has 110 valence electrons. The minimum Gasteiger partial charge on any atom is -0.481 e. The number of hydrogen-bond donors (Lipinski definition) is 4. The lowest BCUT2D eigenvalue weighted by Crippen LogP contribution is -2.52. The summed E-state index contributed by atoms with van der Waals surface area (Å²) in [6, 6.07) is 0. The number of aliphatic hydroxyl groups is 2. The van der Waals surface area contributed by atoms with Crippen molar-refractivity contribution in [2.24, 2.45) is 5.41 Å². The second-order valence-corrected chi connectivity index (χ2v) is 5.88. The lowest BCUT2D eigenvalue weighted by molar-refractivity contribution is -0.140. The van der Waals surface area contributed by atoms with Crippen LogP contribution in [-0.4, -0.2) is 45.9 Å². The molecule has 0 aromatic carbocycles. The largest absolute Gasteiger partial charge is 0.481 e. The number of carboxylic acid groups (broad SMARTS) is 1. The van der Waals surface area contributed by atoms with Crippen molar-refractivity contribution in [3.8, 4) is 0 Å². The van der Waals surface area contributed by atoms with Crippen LogP contribution in [0.5, 0.6) is 0 Å². The molecular weight excluding hydrogens is 250 g/mol. The number of carboxylic acids is 1. The summed E-state index contributed by atoms with van der Waals surface area (Å²) >= 11 is 0. The van der Waals surface area contributed by atoms with Gasteiger partial charge in [0.1, 0.15) is 0 Å². The van der Waals surface area contributed by atoms with E-state index in [9.17, 15) is 9.59 Å². The van der Waals surface area contributed by atoms with E-state index in [-0.39, 0.29) is 32.0 Å². The summed E-state index contributed by atoms with van der Waals surface area (Å²) in [6.45, 7) is 0.825. The predicted octanol–water partition coefficient (Wildman–Crippen LogP) is 0.271. The minimum atomic E-state index is -1.06. The van der Waals surface area contributed by atoms with E-state index in [4.69, 9.17) is 15.3 Å². The summed E-state index contributed by atoms with van der Waals surface area (Å²) in [5.74, 6) is -1.20. The van der Waals surface area contributed by atoms with Gasteiger partial charge in [0.05, 0.1) is 25.2 Å². The Kier molecular flexibility index (Phi) is 5.31. The fourth-order valence-corrected chi connectivity index (χ4v) is 2.71. The van der Waals surface area contributed by atoms with Crippen LogP contribution < -0.4 is 5.32 Å². The quantitative estimate of drug-likeness (QED) is 0.532. The van der Waals surface area contributed by atoms with Crippen molar-refractivity contribution >= 4 is 11.9 Å². The van der Waals surface area contributed by atoms with E-state index in [0.717, 1.165) is 25.7 Å². The van der Waals surface area contributed by atoms with Crippen LogP contribution in [0.4, 0.5) is 0 Å². The van der Waals surface area contributed by atoms with Gasteiger partial charge in [-0.2, -0.15) is 0 Å². The van der Waals surface area contributed by atoms with E-state index in [1.165, 1.54) is 0 Å². The van der Waals surface area contributed by atoms with E-state index in [0.29, 0.717) is 0 Å². The summed E-state index contributed by atoms with van der Waals surface area (Å²) in [5, 5.41) is 29.8. The molecule has 1 saturated carbocycles. The smallest absolute Gasteiger partial charge is 0.303 e. The zero-order valence-electron chi connectivity index (χ0n) is 11.3. The molecule has 0 spiro atoms. The highest BCUT2D eigenvalue weighted by Crippen LogP contribution is 2.44. The van der Waals surface area contributed by atoms with Crippen LogP contribution in [0.1, 0.15) is 45.4 Å². The molecule has 0 aromatic rings. The fraction of sp³-hybridized carbons (Fsp3) is 0.846. The predicted molar refractivity (Wildman–Crippen MR) is 68.5 cm³/mol. The van der Waals surface area contributed by atoms with E-state index in [2.05, 4.69) is 5.32 Å². The molecule has 1 aliphatic rings. The zero-order valence-corrected chi connectivity index (χ0v) is 11.3. The monoisotopic (exact) mass is 273 g/mol. The Labute approximate surface area is 112 Å². The standard InChI is InChI=1S/C13H23NO5/c1-12(8-15,9-16)14-10(17)6-13(7-11(18)19)4-2-3-5-13/h15-16H,2-9H2,1H3,(H,14,17)(H,18,19). The highest BCUT2D eigenvalue weighted by atomic mass is 16.4. The third-order valence-corrected chi connectivity index (χ3v) is 3.87. The summed E-state index contributed by atoms with van der Waals surface area (Å²) in [4.78, 5) is 22.9. The first kappa shape index (κ1) is 15.9. The van der Waals surface area contributed by atoms with Gasteiger partial charge in [0.2, 0.25) is 5.91 Å². The van der Waals surface area contributed by atoms with Gasteiger partial charge in [-0.05, 0) is 25.2 Å². The number of carbonyl (C=O) groups excluding carboxylic acids is 1. The van der Waals surface area contributed by atoms with Gasteiger partial charge in [0.15, 0.2) is 0 Å². The Morgan fingerprint density at radius 1 is 1.16 bits per heavy atom. The maximum Gasteiger partial charge on any atom is 0.303 e. The van der Waals surface area contributed by atoms with Crippen LogP contribution in [0, 0.1) is 5.41 Å². The van der Waals surface area contributed by atoms with Gasteiger partial charge >= 0.3 is 5.97 Å². The molecule has 19 heavy (non-hydrogen) atoms. The lowest BCUT2D eigenvalue weighted by atomic mass is 9.79. The second kappa shape index (κ2) is 6.34. The van der Waals surface area contributed by atoms with Gasteiger partial charge in [-0.3, -0.25) is 9.59 Å². The Balaban J connectivity index is 2.64. The molecule has 1 aliphatic carbocycles. The topological polar surface area (TPSA) is 107 Å². The first-order valence-electron chi connectivity index (χ1n) is 6.59. The SMILES string of the molecule is CC(CO)(CO)NC(=O)CC1(CC(=O)O)CCCC1. The average Bonchev–Trinajstić information content (AvgIpc) is 2.75. The van der Waals surface area contributed by atoms with E-state index < -0.39 is 16.9 Å². The summed E-state index contributed by atoms with van der Waals surface area (Å²) in [5.41, 5.74) is -1.53. The van der Waals surface area contributed by atoms with Crippen LogP contribution in [-0.2, 0) is 9.59 Å². The molecule has 1 amide bonds. The molecular formula is C13H23NO5. The molecule has 0 aromatic heterocycles. The number of amides is 1.